The van der Waals surface area contributed by atoms with Crippen LogP contribution >= 0.6 is 0 Å². The molecule has 0 spiro atoms. The van der Waals surface area contributed by atoms with Crippen molar-refractivity contribution in [2.45, 2.75) is 18.2 Å². The molecule has 0 fully saturated rings. The SMILES string of the molecule is CCCNC(=O)c1ccc(S(=O)(=O)NC)cc1. The fourth-order valence-electron chi connectivity index (χ4n) is 1.24. The molecule has 94 valence electrons. The summed E-state index contributed by atoms with van der Waals surface area (Å²) in [5.41, 5.74) is 0.452. The van der Waals surface area contributed by atoms with E-state index in [4.69, 9.17) is 0 Å². The third kappa shape index (κ3) is 3.54. The predicted octanol–water partition coefficient (Wildman–Crippen LogP) is 0.734. The van der Waals surface area contributed by atoms with Crippen molar-refractivity contribution in [3.05, 3.63) is 29.8 Å². The van der Waals surface area contributed by atoms with Gasteiger partial charge in [-0.15, -0.1) is 0 Å². The van der Waals surface area contributed by atoms with E-state index in [1.54, 1.807) is 0 Å². The molecule has 0 unspecified atom stereocenters. The number of rotatable bonds is 5. The van der Waals surface area contributed by atoms with Crippen molar-refractivity contribution >= 4 is 15.9 Å². The van der Waals surface area contributed by atoms with E-state index in [0.717, 1.165) is 6.42 Å². The van der Waals surface area contributed by atoms with Crippen molar-refractivity contribution in [2.24, 2.45) is 0 Å². The van der Waals surface area contributed by atoms with Crippen molar-refractivity contribution in [2.75, 3.05) is 13.6 Å². The van der Waals surface area contributed by atoms with Crippen LogP contribution in [-0.4, -0.2) is 27.9 Å². The maximum absolute atomic E-state index is 11.6. The number of benzene rings is 1. The summed E-state index contributed by atoms with van der Waals surface area (Å²) in [6, 6.07) is 5.81. The van der Waals surface area contributed by atoms with Gasteiger partial charge in [-0.2, -0.15) is 0 Å². The van der Waals surface area contributed by atoms with Crippen molar-refractivity contribution in [3.8, 4) is 0 Å². The highest BCUT2D eigenvalue weighted by Crippen LogP contribution is 2.09. The minimum Gasteiger partial charge on any atom is -0.352 e. The lowest BCUT2D eigenvalue weighted by molar-refractivity contribution is 0.0953. The van der Waals surface area contributed by atoms with Gasteiger partial charge >= 0.3 is 0 Å². The number of carbonyl (C=O) groups excluding carboxylic acids is 1. The van der Waals surface area contributed by atoms with E-state index < -0.39 is 10.0 Å². The molecule has 0 atom stereocenters. The average Bonchev–Trinajstić information content (AvgIpc) is 2.36. The smallest absolute Gasteiger partial charge is 0.251 e. The van der Waals surface area contributed by atoms with Crippen molar-refractivity contribution in [1.29, 1.82) is 0 Å². The van der Waals surface area contributed by atoms with E-state index in [9.17, 15) is 13.2 Å². The Balaban J connectivity index is 2.85. The van der Waals surface area contributed by atoms with E-state index in [2.05, 4.69) is 10.0 Å². The molecular weight excluding hydrogens is 240 g/mol. The molecule has 0 aliphatic rings. The second kappa shape index (κ2) is 5.79. The zero-order chi connectivity index (χ0) is 12.9. The highest BCUT2D eigenvalue weighted by atomic mass is 32.2. The van der Waals surface area contributed by atoms with Gasteiger partial charge in [0.2, 0.25) is 10.0 Å². The van der Waals surface area contributed by atoms with E-state index in [-0.39, 0.29) is 10.8 Å². The lowest BCUT2D eigenvalue weighted by Crippen LogP contribution is -2.24. The standard InChI is InChI=1S/C11H16N2O3S/c1-3-8-13-11(14)9-4-6-10(7-5-9)17(15,16)12-2/h4-7,12H,3,8H2,1-2H3,(H,13,14). The third-order valence-corrected chi connectivity index (χ3v) is 3.66. The molecule has 1 aromatic rings. The Morgan fingerprint density at radius 1 is 1.24 bits per heavy atom. The van der Waals surface area contributed by atoms with Crippen molar-refractivity contribution in [1.82, 2.24) is 10.0 Å². The lowest BCUT2D eigenvalue weighted by atomic mass is 10.2. The van der Waals surface area contributed by atoms with Crippen LogP contribution in [0.3, 0.4) is 0 Å². The molecule has 2 N–H and O–H groups in total. The Hall–Kier alpha value is -1.40. The Kier molecular flexibility index (Phi) is 4.65. The van der Waals surface area contributed by atoms with Crippen LogP contribution in [0.2, 0.25) is 0 Å². The highest BCUT2D eigenvalue weighted by Gasteiger charge is 2.12. The summed E-state index contributed by atoms with van der Waals surface area (Å²) in [5.74, 6) is -0.194. The molecule has 0 saturated carbocycles. The quantitative estimate of drug-likeness (QED) is 0.815. The molecule has 0 aromatic heterocycles. The topological polar surface area (TPSA) is 75.3 Å². The zero-order valence-electron chi connectivity index (χ0n) is 9.86. The zero-order valence-corrected chi connectivity index (χ0v) is 10.7. The number of carbonyl (C=O) groups is 1. The van der Waals surface area contributed by atoms with Gasteiger partial charge in [0, 0.05) is 12.1 Å². The summed E-state index contributed by atoms with van der Waals surface area (Å²) < 4.78 is 25.1. The molecule has 0 bridgehead atoms. The van der Waals surface area contributed by atoms with Gasteiger partial charge in [-0.1, -0.05) is 6.92 Å². The summed E-state index contributed by atoms with van der Waals surface area (Å²) in [6.07, 6.45) is 0.859. The van der Waals surface area contributed by atoms with Gasteiger partial charge in [0.15, 0.2) is 0 Å². The Morgan fingerprint density at radius 2 is 1.82 bits per heavy atom. The van der Waals surface area contributed by atoms with Crippen LogP contribution in [0.1, 0.15) is 23.7 Å². The summed E-state index contributed by atoms with van der Waals surface area (Å²) in [4.78, 5) is 11.7. The number of amides is 1. The van der Waals surface area contributed by atoms with Crippen LogP contribution < -0.4 is 10.0 Å². The Labute approximate surface area is 101 Å². The van der Waals surface area contributed by atoms with Gasteiger partial charge < -0.3 is 5.32 Å². The predicted molar refractivity (Wildman–Crippen MR) is 65.3 cm³/mol. The fourth-order valence-corrected chi connectivity index (χ4v) is 1.97. The van der Waals surface area contributed by atoms with Crippen LogP contribution in [0.25, 0.3) is 0 Å². The second-order valence-electron chi connectivity index (χ2n) is 3.49. The van der Waals surface area contributed by atoms with Crippen LogP contribution in [0.4, 0.5) is 0 Å². The minimum absolute atomic E-state index is 0.145. The molecule has 0 radical (unpaired) electrons. The second-order valence-corrected chi connectivity index (χ2v) is 5.37. The summed E-state index contributed by atoms with van der Waals surface area (Å²) in [7, 11) is -2.09. The largest absolute Gasteiger partial charge is 0.352 e. The maximum Gasteiger partial charge on any atom is 0.251 e. The summed E-state index contributed by atoms with van der Waals surface area (Å²) >= 11 is 0. The number of hydrogen-bond acceptors (Lipinski definition) is 3. The molecule has 1 rings (SSSR count). The average molecular weight is 256 g/mol. The molecule has 1 amide bonds. The van der Waals surface area contributed by atoms with Gasteiger partial charge in [-0.3, -0.25) is 4.79 Å². The van der Waals surface area contributed by atoms with Crippen molar-refractivity contribution in [3.63, 3.8) is 0 Å². The molecular formula is C11H16N2O3S. The minimum atomic E-state index is -3.44. The Morgan fingerprint density at radius 3 is 2.29 bits per heavy atom. The highest BCUT2D eigenvalue weighted by molar-refractivity contribution is 7.89. The molecule has 17 heavy (non-hydrogen) atoms. The third-order valence-electron chi connectivity index (χ3n) is 2.23. The van der Waals surface area contributed by atoms with Crippen LogP contribution in [0.15, 0.2) is 29.2 Å². The molecule has 0 saturated heterocycles. The fraction of sp³-hybridized carbons (Fsp3) is 0.364. The molecule has 1 aromatic carbocycles. The number of hydrogen-bond donors (Lipinski definition) is 2. The summed E-state index contributed by atoms with van der Waals surface area (Å²) in [5, 5.41) is 2.72. The van der Waals surface area contributed by atoms with Crippen LogP contribution in [0.5, 0.6) is 0 Å². The first-order chi connectivity index (χ1) is 8.01. The van der Waals surface area contributed by atoms with E-state index in [1.807, 2.05) is 6.92 Å². The first-order valence-electron chi connectivity index (χ1n) is 5.33. The number of sulfonamides is 1. The summed E-state index contributed by atoms with van der Waals surface area (Å²) in [6.45, 7) is 2.57. The van der Waals surface area contributed by atoms with Gasteiger partial charge in [0.25, 0.3) is 5.91 Å². The Bertz CT molecular complexity index is 480. The monoisotopic (exact) mass is 256 g/mol. The van der Waals surface area contributed by atoms with Crippen LogP contribution in [0, 0.1) is 0 Å². The van der Waals surface area contributed by atoms with Crippen LogP contribution in [-0.2, 0) is 10.0 Å². The normalized spacial score (nSPS) is 11.2. The maximum atomic E-state index is 11.6. The van der Waals surface area contributed by atoms with Gasteiger partial charge in [-0.25, -0.2) is 13.1 Å². The molecule has 6 heteroatoms. The van der Waals surface area contributed by atoms with E-state index in [1.165, 1.54) is 31.3 Å². The first-order valence-corrected chi connectivity index (χ1v) is 6.81. The van der Waals surface area contributed by atoms with Crippen molar-refractivity contribution < 1.29 is 13.2 Å². The van der Waals surface area contributed by atoms with E-state index in [0.29, 0.717) is 12.1 Å². The van der Waals surface area contributed by atoms with E-state index >= 15 is 0 Å². The first kappa shape index (κ1) is 13.7. The van der Waals surface area contributed by atoms with Gasteiger partial charge in [0.05, 0.1) is 4.90 Å². The molecule has 5 nitrogen and oxygen atoms in total. The molecule has 0 aliphatic heterocycles. The molecule has 0 heterocycles. The molecule has 0 aliphatic carbocycles. The van der Waals surface area contributed by atoms with Gasteiger partial charge in [-0.05, 0) is 37.7 Å². The number of nitrogens with one attached hydrogen (secondary N) is 2. The van der Waals surface area contributed by atoms with Gasteiger partial charge in [0.1, 0.15) is 0 Å². The lowest BCUT2D eigenvalue weighted by Gasteiger charge is -2.05.